The van der Waals surface area contributed by atoms with Crippen molar-refractivity contribution >= 4 is 60.2 Å². The number of aliphatic hydroxyl groups excluding tert-OH is 1. The van der Waals surface area contributed by atoms with Crippen molar-refractivity contribution in [3.05, 3.63) is 0 Å². The molecule has 6 radical (unpaired) electrons. The average Bonchev–Trinajstić information content (AvgIpc) is 3.91. The summed E-state index contributed by atoms with van der Waals surface area (Å²) in [6, 6.07) is -2.65. The second-order valence-corrected chi connectivity index (χ2v) is 19.5. The molecule has 0 aromatic heterocycles. The Morgan fingerprint density at radius 2 is 0.951 bits per heavy atom. The number of aliphatic hydroxyl groups is 2. The molecule has 4 saturated heterocycles. The lowest BCUT2D eigenvalue weighted by Crippen LogP contribution is -2.53. The third-order valence-electron chi connectivity index (χ3n) is 9.17. The number of likely N-dealkylation sites (tertiary alicyclic amines) is 4. The summed E-state index contributed by atoms with van der Waals surface area (Å²) in [4.78, 5) is 74.8. The Kier molecular flexibility index (Phi) is 21.0. The molecule has 4 fully saturated rings. The molecule has 0 bridgehead atoms. The maximum Gasteiger partial charge on any atom is 0.411 e. The molecule has 4 aliphatic heterocycles. The maximum atomic E-state index is 11.8. The first-order valence-electron chi connectivity index (χ1n) is 21.0. The van der Waals surface area contributed by atoms with E-state index in [1.54, 1.807) is 41.5 Å². The summed E-state index contributed by atoms with van der Waals surface area (Å²) in [5.74, 6) is -0.372. The van der Waals surface area contributed by atoms with Gasteiger partial charge in [-0.25, -0.2) is 24.0 Å². The number of ether oxygens (including phenoxy) is 5. The van der Waals surface area contributed by atoms with E-state index in [0.717, 1.165) is 44.8 Å². The predicted octanol–water partition coefficient (Wildman–Crippen LogP) is 4.39. The molecule has 0 aromatic rings. The van der Waals surface area contributed by atoms with Gasteiger partial charge < -0.3 is 48.5 Å². The zero-order chi connectivity index (χ0) is 47.3. The fraction of sp³-hybridized carbons (Fsp3) is 0.854. The Bertz CT molecular complexity index is 1450. The van der Waals surface area contributed by atoms with Gasteiger partial charge in [-0.1, -0.05) is 0 Å². The summed E-state index contributed by atoms with van der Waals surface area (Å²) in [7, 11) is 17.6. The van der Waals surface area contributed by atoms with Gasteiger partial charge in [0.2, 0.25) is 0 Å². The van der Waals surface area contributed by atoms with Gasteiger partial charge in [0.1, 0.15) is 58.3 Å². The summed E-state index contributed by atoms with van der Waals surface area (Å²) >= 11 is 0. The summed E-state index contributed by atoms with van der Waals surface area (Å²) in [5.41, 5.74) is -2.11. The highest BCUT2D eigenvalue weighted by atomic mass is 16.6. The largest absolute Gasteiger partial charge is 0.467 e. The van der Waals surface area contributed by atoms with Crippen molar-refractivity contribution in [2.45, 2.75) is 192 Å². The number of esters is 1. The SMILES string of the molecule is CC(C)(C)OC(=O)N1CCC[C@H]1C=O.COC(=O)[C@@H]1CCCN1C(=O)OC(C)(C)C.[B]C(O)[C@@H]1CCCN1C(=O)OC(C)(C)C.[B]C([B])(O)[C@@H]1CCCN1C(=O)OC(C)(C)C. The van der Waals surface area contributed by atoms with Crippen molar-refractivity contribution in [2.24, 2.45) is 0 Å². The molecule has 4 heterocycles. The molecule has 2 N–H and O–H groups in total. The van der Waals surface area contributed by atoms with Crippen LogP contribution in [0.4, 0.5) is 19.2 Å². The van der Waals surface area contributed by atoms with E-state index in [4.69, 9.17) is 42.5 Å². The van der Waals surface area contributed by atoms with Gasteiger partial charge in [0.25, 0.3) is 0 Å². The molecule has 1 unspecified atom stereocenters. The van der Waals surface area contributed by atoms with Crippen LogP contribution in [0.3, 0.4) is 0 Å². The Hall–Kier alpha value is -3.67. The molecule has 4 rings (SSSR count). The van der Waals surface area contributed by atoms with Gasteiger partial charge in [0.05, 0.1) is 19.2 Å². The average molecular weight is 860 g/mol. The molecule has 0 aromatic carbocycles. The molecule has 4 aliphatic rings. The number of hydrogen-bond acceptors (Lipinski definition) is 13. The quantitative estimate of drug-likeness (QED) is 0.175. The predicted molar refractivity (Wildman–Crippen MR) is 230 cm³/mol. The lowest BCUT2D eigenvalue weighted by atomic mass is 9.60. The van der Waals surface area contributed by atoms with Gasteiger partial charge in [0, 0.05) is 43.6 Å². The summed E-state index contributed by atoms with van der Waals surface area (Å²) < 4.78 is 25.5. The molecule has 4 amide bonds. The standard InChI is InChI=1S/C11H19NO4.C10H17B2NO3.C10H18BNO3.C10H17NO3/c1-11(2,3)16-10(14)12-7-5-6-8(12)9(13)15-4;1-9(2,3)16-8(14)13-6-4-5-7(13)10(11,12)15;1-10(2,3)15-9(14)12-6-4-5-7(12)8(11)13;1-10(2,3)14-9(13)11-6-4-5-8(11)7-12/h8H,5-7H2,1-4H3;7,15H,4-6H2,1-3H3;7-8,13H,4-6H2,1-3H3;7-8H,4-6H2,1-3H3/t8-;7-;7-,8?;8-/m0000/s1. The van der Waals surface area contributed by atoms with Crippen molar-refractivity contribution in [1.29, 1.82) is 0 Å². The van der Waals surface area contributed by atoms with Crippen molar-refractivity contribution in [2.75, 3.05) is 33.3 Å². The van der Waals surface area contributed by atoms with Crippen LogP contribution >= 0.6 is 0 Å². The number of aldehydes is 1. The molecule has 342 valence electrons. The monoisotopic (exact) mass is 861 g/mol. The molecule has 0 spiro atoms. The summed E-state index contributed by atoms with van der Waals surface area (Å²) in [5, 5.41) is 17.0. The lowest BCUT2D eigenvalue weighted by molar-refractivity contribution is -0.145. The molecule has 20 heteroatoms. The Balaban J connectivity index is 0.000000407. The van der Waals surface area contributed by atoms with Crippen LogP contribution in [0.25, 0.3) is 0 Å². The van der Waals surface area contributed by atoms with Crippen molar-refractivity contribution in [3.8, 4) is 0 Å². The lowest BCUT2D eigenvalue weighted by Gasteiger charge is -2.35. The van der Waals surface area contributed by atoms with Gasteiger partial charge in [0.15, 0.2) is 0 Å². The third-order valence-corrected chi connectivity index (χ3v) is 9.17. The topological polar surface area (TPSA) is 202 Å². The van der Waals surface area contributed by atoms with Crippen LogP contribution in [-0.2, 0) is 33.3 Å². The van der Waals surface area contributed by atoms with Crippen LogP contribution in [0.5, 0.6) is 0 Å². The first-order valence-corrected chi connectivity index (χ1v) is 21.0. The van der Waals surface area contributed by atoms with Crippen LogP contribution in [0, 0.1) is 0 Å². The van der Waals surface area contributed by atoms with E-state index in [0.29, 0.717) is 39.0 Å². The minimum absolute atomic E-state index is 0.287. The number of carbonyl (C=O) groups is 6. The molecular weight excluding hydrogens is 789 g/mol. The molecule has 5 atom stereocenters. The summed E-state index contributed by atoms with van der Waals surface area (Å²) in [6.07, 6.45) is 5.14. The van der Waals surface area contributed by atoms with Crippen LogP contribution in [0.1, 0.15) is 134 Å². The van der Waals surface area contributed by atoms with Crippen LogP contribution in [0.15, 0.2) is 0 Å². The van der Waals surface area contributed by atoms with Crippen LogP contribution in [0.2, 0.25) is 0 Å². The van der Waals surface area contributed by atoms with E-state index in [-0.39, 0.29) is 24.1 Å². The zero-order valence-corrected chi connectivity index (χ0v) is 38.9. The first-order chi connectivity index (χ1) is 27.7. The zero-order valence-electron chi connectivity index (χ0n) is 38.9. The van der Waals surface area contributed by atoms with Gasteiger partial charge in [-0.15, -0.1) is 0 Å². The Morgan fingerprint density at radius 3 is 1.38 bits per heavy atom. The third kappa shape index (κ3) is 20.4. The summed E-state index contributed by atoms with van der Waals surface area (Å²) in [6.45, 7) is 23.9. The van der Waals surface area contributed by atoms with Gasteiger partial charge >= 0.3 is 30.3 Å². The number of rotatable bonds is 4. The molecular formula is C41H71B3N4O13. The van der Waals surface area contributed by atoms with E-state index < -0.39 is 64.2 Å². The number of methoxy groups -OCH3 is 1. The fourth-order valence-corrected chi connectivity index (χ4v) is 6.65. The first kappa shape index (κ1) is 55.4. The van der Waals surface area contributed by atoms with E-state index in [1.807, 2.05) is 41.5 Å². The van der Waals surface area contributed by atoms with E-state index in [1.165, 1.54) is 26.7 Å². The number of nitrogens with zero attached hydrogens (tertiary/aromatic N) is 4. The van der Waals surface area contributed by atoms with Crippen LogP contribution < -0.4 is 0 Å². The van der Waals surface area contributed by atoms with Crippen LogP contribution in [-0.4, -0.2) is 181 Å². The van der Waals surface area contributed by atoms with Gasteiger partial charge in [-0.3, -0.25) is 9.80 Å². The minimum atomic E-state index is -1.87. The van der Waals surface area contributed by atoms with E-state index in [2.05, 4.69) is 4.74 Å². The fourth-order valence-electron chi connectivity index (χ4n) is 6.65. The van der Waals surface area contributed by atoms with Crippen molar-refractivity contribution in [1.82, 2.24) is 19.6 Å². The smallest absolute Gasteiger partial charge is 0.411 e. The number of hydrogen-bond donors (Lipinski definition) is 2. The maximum absolute atomic E-state index is 11.8. The second-order valence-electron chi connectivity index (χ2n) is 19.5. The Labute approximate surface area is 367 Å². The molecule has 0 saturated carbocycles. The van der Waals surface area contributed by atoms with Gasteiger partial charge in [-0.05, 0) is 134 Å². The van der Waals surface area contributed by atoms with Crippen molar-refractivity contribution in [3.63, 3.8) is 0 Å². The molecule has 17 nitrogen and oxygen atoms in total. The highest BCUT2D eigenvalue weighted by Gasteiger charge is 2.40. The van der Waals surface area contributed by atoms with E-state index in [9.17, 15) is 39.0 Å². The normalized spacial score (nSPS) is 22.3. The highest BCUT2D eigenvalue weighted by molar-refractivity contribution is 6.39. The highest BCUT2D eigenvalue weighted by Crippen LogP contribution is 2.27. The number of carbonyl (C=O) groups excluding carboxylic acids is 6. The number of amides is 4. The minimum Gasteiger partial charge on any atom is -0.467 e. The van der Waals surface area contributed by atoms with Crippen molar-refractivity contribution < 1.29 is 62.7 Å². The van der Waals surface area contributed by atoms with Gasteiger partial charge in [-0.2, -0.15) is 0 Å². The second kappa shape index (κ2) is 23.1. The van der Waals surface area contributed by atoms with E-state index >= 15 is 0 Å². The Morgan fingerprint density at radius 1 is 0.590 bits per heavy atom. The molecule has 0 aliphatic carbocycles. The molecule has 61 heavy (non-hydrogen) atoms.